The van der Waals surface area contributed by atoms with Crippen molar-refractivity contribution in [3.8, 4) is 0 Å². The van der Waals surface area contributed by atoms with Gasteiger partial charge in [0.1, 0.15) is 0 Å². The van der Waals surface area contributed by atoms with Gasteiger partial charge in [0.2, 0.25) is 5.91 Å². The van der Waals surface area contributed by atoms with Crippen LogP contribution in [0.25, 0.3) is 0 Å². The molecule has 1 aliphatic heterocycles. The summed E-state index contributed by atoms with van der Waals surface area (Å²) in [6.45, 7) is 9.41. The van der Waals surface area contributed by atoms with Gasteiger partial charge in [-0.1, -0.05) is 38.1 Å². The van der Waals surface area contributed by atoms with Gasteiger partial charge in [0.25, 0.3) is 0 Å². The SMILES string of the molecule is Cc1ccccc1C(C)(C)CNC(=O)C1CC12CCNCC2. The highest BCUT2D eigenvalue weighted by molar-refractivity contribution is 5.82. The molecule has 1 spiro atoms. The quantitative estimate of drug-likeness (QED) is 0.898. The molecule has 3 rings (SSSR count). The number of carbonyl (C=O) groups excluding carboxylic acids is 1. The molecule has 2 N–H and O–H groups in total. The molecule has 0 radical (unpaired) electrons. The van der Waals surface area contributed by atoms with E-state index in [4.69, 9.17) is 0 Å². The maximum Gasteiger partial charge on any atom is 0.223 e. The summed E-state index contributed by atoms with van der Waals surface area (Å²) in [6.07, 6.45) is 3.41. The first-order valence-electron chi connectivity index (χ1n) is 8.49. The normalized spacial score (nSPS) is 23.3. The molecule has 120 valence electrons. The van der Waals surface area contributed by atoms with E-state index in [1.54, 1.807) is 0 Å². The van der Waals surface area contributed by atoms with Crippen LogP contribution in [0.5, 0.6) is 0 Å². The smallest absolute Gasteiger partial charge is 0.223 e. The van der Waals surface area contributed by atoms with Gasteiger partial charge in [0.15, 0.2) is 0 Å². The molecule has 3 nitrogen and oxygen atoms in total. The molecule has 1 heterocycles. The molecule has 0 aromatic heterocycles. The Morgan fingerprint density at radius 1 is 1.32 bits per heavy atom. The van der Waals surface area contributed by atoms with Gasteiger partial charge in [-0.2, -0.15) is 0 Å². The summed E-state index contributed by atoms with van der Waals surface area (Å²) in [7, 11) is 0. The number of hydrogen-bond acceptors (Lipinski definition) is 2. The molecule has 1 saturated heterocycles. The predicted molar refractivity (Wildman–Crippen MR) is 89.9 cm³/mol. The monoisotopic (exact) mass is 300 g/mol. The van der Waals surface area contributed by atoms with Crippen LogP contribution in [-0.4, -0.2) is 25.5 Å². The lowest BCUT2D eigenvalue weighted by Gasteiger charge is -2.28. The number of nitrogens with one attached hydrogen (secondary N) is 2. The first-order chi connectivity index (χ1) is 10.4. The number of amides is 1. The number of piperidine rings is 1. The molecule has 1 aliphatic carbocycles. The molecular formula is C19H28N2O. The molecule has 1 aromatic carbocycles. The third-order valence-electron chi connectivity index (χ3n) is 5.68. The van der Waals surface area contributed by atoms with E-state index >= 15 is 0 Å². The van der Waals surface area contributed by atoms with E-state index in [2.05, 4.69) is 55.7 Å². The van der Waals surface area contributed by atoms with Gasteiger partial charge < -0.3 is 10.6 Å². The van der Waals surface area contributed by atoms with Crippen LogP contribution in [0.3, 0.4) is 0 Å². The molecule has 1 amide bonds. The fourth-order valence-electron chi connectivity index (χ4n) is 4.05. The van der Waals surface area contributed by atoms with E-state index in [1.165, 1.54) is 11.1 Å². The van der Waals surface area contributed by atoms with Crippen LogP contribution < -0.4 is 10.6 Å². The molecule has 1 aromatic rings. The fraction of sp³-hybridized carbons (Fsp3) is 0.632. The molecule has 2 fully saturated rings. The van der Waals surface area contributed by atoms with Crippen molar-refractivity contribution >= 4 is 5.91 Å². The predicted octanol–water partition coefficient (Wildman–Crippen LogP) is 2.78. The van der Waals surface area contributed by atoms with Gasteiger partial charge in [-0.05, 0) is 55.8 Å². The van der Waals surface area contributed by atoms with Crippen molar-refractivity contribution in [1.29, 1.82) is 0 Å². The molecular weight excluding hydrogens is 272 g/mol. The van der Waals surface area contributed by atoms with Gasteiger partial charge in [-0.15, -0.1) is 0 Å². The minimum Gasteiger partial charge on any atom is -0.355 e. The Balaban J connectivity index is 1.58. The zero-order valence-electron chi connectivity index (χ0n) is 14.0. The highest BCUT2D eigenvalue weighted by Gasteiger charge is 2.57. The van der Waals surface area contributed by atoms with E-state index in [0.29, 0.717) is 12.0 Å². The van der Waals surface area contributed by atoms with E-state index in [9.17, 15) is 4.79 Å². The highest BCUT2D eigenvalue weighted by atomic mass is 16.2. The second-order valence-electron chi connectivity index (χ2n) is 7.79. The minimum absolute atomic E-state index is 0.0306. The summed E-state index contributed by atoms with van der Waals surface area (Å²) in [5.41, 5.74) is 2.91. The van der Waals surface area contributed by atoms with Crippen LogP contribution in [0.2, 0.25) is 0 Å². The molecule has 3 heteroatoms. The van der Waals surface area contributed by atoms with Gasteiger partial charge in [-0.3, -0.25) is 4.79 Å². The van der Waals surface area contributed by atoms with Crippen molar-refractivity contribution in [3.63, 3.8) is 0 Å². The van der Waals surface area contributed by atoms with Crippen LogP contribution in [0.15, 0.2) is 24.3 Å². The standard InChI is InChI=1S/C19H28N2O/c1-14-6-4-5-7-15(14)18(2,3)13-21-17(22)16-12-19(16)8-10-20-11-9-19/h4-7,16,20H,8-13H2,1-3H3,(H,21,22). The Bertz CT molecular complexity index is 558. The summed E-state index contributed by atoms with van der Waals surface area (Å²) in [5.74, 6) is 0.519. The third kappa shape index (κ3) is 2.91. The van der Waals surface area contributed by atoms with Crippen LogP contribution in [0.1, 0.15) is 44.2 Å². The first kappa shape index (κ1) is 15.5. The summed E-state index contributed by atoms with van der Waals surface area (Å²) >= 11 is 0. The largest absolute Gasteiger partial charge is 0.355 e. The van der Waals surface area contributed by atoms with E-state index in [0.717, 1.165) is 32.4 Å². The Labute approximate surface area is 133 Å². The Morgan fingerprint density at radius 3 is 2.68 bits per heavy atom. The van der Waals surface area contributed by atoms with Crippen molar-refractivity contribution in [2.24, 2.45) is 11.3 Å². The highest BCUT2D eigenvalue weighted by Crippen LogP contribution is 2.58. The number of hydrogen-bond donors (Lipinski definition) is 2. The zero-order chi connectivity index (χ0) is 15.8. The number of aryl methyl sites for hydroxylation is 1. The third-order valence-corrected chi connectivity index (χ3v) is 5.68. The van der Waals surface area contributed by atoms with Gasteiger partial charge in [0.05, 0.1) is 0 Å². The second kappa shape index (κ2) is 5.69. The van der Waals surface area contributed by atoms with Crippen LogP contribution in [-0.2, 0) is 10.2 Å². The lowest BCUT2D eigenvalue weighted by atomic mass is 9.82. The summed E-state index contributed by atoms with van der Waals surface area (Å²) in [4.78, 5) is 12.5. The lowest BCUT2D eigenvalue weighted by Crippen LogP contribution is -2.39. The van der Waals surface area contributed by atoms with Crippen molar-refractivity contribution < 1.29 is 4.79 Å². The lowest BCUT2D eigenvalue weighted by molar-refractivity contribution is -0.123. The number of rotatable bonds is 4. The minimum atomic E-state index is -0.0306. The summed E-state index contributed by atoms with van der Waals surface area (Å²) < 4.78 is 0. The van der Waals surface area contributed by atoms with Crippen LogP contribution >= 0.6 is 0 Å². The van der Waals surface area contributed by atoms with Crippen molar-refractivity contribution in [2.45, 2.75) is 45.4 Å². The molecule has 1 atom stereocenters. The Kier molecular flexibility index (Phi) is 4.02. The topological polar surface area (TPSA) is 41.1 Å². The first-order valence-corrected chi connectivity index (χ1v) is 8.49. The zero-order valence-corrected chi connectivity index (χ0v) is 14.0. The van der Waals surface area contributed by atoms with E-state index < -0.39 is 0 Å². The second-order valence-corrected chi connectivity index (χ2v) is 7.79. The fourth-order valence-corrected chi connectivity index (χ4v) is 4.05. The Hall–Kier alpha value is -1.35. The summed E-state index contributed by atoms with van der Waals surface area (Å²) in [6, 6.07) is 8.46. The maximum atomic E-state index is 12.5. The molecule has 1 unspecified atom stereocenters. The average molecular weight is 300 g/mol. The number of benzene rings is 1. The molecule has 0 bridgehead atoms. The molecule has 2 aliphatic rings. The van der Waals surface area contributed by atoms with Crippen molar-refractivity contribution in [3.05, 3.63) is 35.4 Å². The van der Waals surface area contributed by atoms with Gasteiger partial charge in [0, 0.05) is 17.9 Å². The van der Waals surface area contributed by atoms with Crippen LogP contribution in [0, 0.1) is 18.3 Å². The van der Waals surface area contributed by atoms with Gasteiger partial charge in [-0.25, -0.2) is 0 Å². The van der Waals surface area contributed by atoms with Crippen molar-refractivity contribution in [1.82, 2.24) is 10.6 Å². The van der Waals surface area contributed by atoms with E-state index in [-0.39, 0.29) is 17.2 Å². The molecule has 1 saturated carbocycles. The maximum absolute atomic E-state index is 12.5. The number of carbonyl (C=O) groups is 1. The molecule has 22 heavy (non-hydrogen) atoms. The summed E-state index contributed by atoms with van der Waals surface area (Å²) in [5, 5.41) is 6.61. The average Bonchev–Trinajstić information content (AvgIpc) is 3.19. The van der Waals surface area contributed by atoms with E-state index in [1.807, 2.05) is 0 Å². The van der Waals surface area contributed by atoms with Crippen LogP contribution in [0.4, 0.5) is 0 Å². The van der Waals surface area contributed by atoms with Gasteiger partial charge >= 0.3 is 0 Å². The van der Waals surface area contributed by atoms with Crippen molar-refractivity contribution in [2.75, 3.05) is 19.6 Å². The Morgan fingerprint density at radius 2 is 2.00 bits per heavy atom.